The van der Waals surface area contributed by atoms with Crippen LogP contribution in [0.1, 0.15) is 21.6 Å². The predicted molar refractivity (Wildman–Crippen MR) is 95.0 cm³/mol. The minimum Gasteiger partial charge on any atom is -0.504 e. The molecule has 0 saturated carbocycles. The summed E-state index contributed by atoms with van der Waals surface area (Å²) < 4.78 is 0. The molecule has 0 fully saturated rings. The summed E-state index contributed by atoms with van der Waals surface area (Å²) in [5, 5.41) is 28.7. The van der Waals surface area contributed by atoms with Crippen molar-refractivity contribution in [1.82, 2.24) is 4.98 Å². The number of carboxylic acids is 1. The van der Waals surface area contributed by atoms with Gasteiger partial charge in [0.25, 0.3) is 0 Å². The van der Waals surface area contributed by atoms with Crippen LogP contribution in [0.15, 0.2) is 42.5 Å². The first-order chi connectivity index (χ1) is 12.5. The van der Waals surface area contributed by atoms with Gasteiger partial charge in [-0.3, -0.25) is 0 Å². The average Bonchev–Trinajstić information content (AvgIpc) is 2.62. The Labute approximate surface area is 148 Å². The summed E-state index contributed by atoms with van der Waals surface area (Å²) >= 11 is 0. The van der Waals surface area contributed by atoms with E-state index in [-0.39, 0.29) is 22.8 Å². The summed E-state index contributed by atoms with van der Waals surface area (Å²) in [7, 11) is 1.32. The Kier molecular flexibility index (Phi) is 4.72. The van der Waals surface area contributed by atoms with E-state index in [0.29, 0.717) is 22.2 Å². The van der Waals surface area contributed by atoms with Gasteiger partial charge in [-0.2, -0.15) is 4.89 Å². The number of nitrogens with zero attached hydrogens (tertiary/aromatic N) is 1. The van der Waals surface area contributed by atoms with Crippen molar-refractivity contribution in [1.29, 1.82) is 0 Å². The van der Waals surface area contributed by atoms with Crippen LogP contribution in [0.4, 0.5) is 0 Å². The summed E-state index contributed by atoms with van der Waals surface area (Å²) in [5.74, 6) is -1.28. The zero-order chi connectivity index (χ0) is 18.7. The van der Waals surface area contributed by atoms with Gasteiger partial charge in [-0.05, 0) is 42.0 Å². The number of carboxylic acid groups (broad SMARTS) is 1. The zero-order valence-electron chi connectivity index (χ0n) is 13.7. The second-order valence-corrected chi connectivity index (χ2v) is 5.41. The predicted octanol–water partition coefficient (Wildman–Crippen LogP) is 3.45. The highest BCUT2D eigenvalue weighted by Crippen LogP contribution is 2.27. The molecule has 0 spiro atoms. The number of benzene rings is 2. The summed E-state index contributed by atoms with van der Waals surface area (Å²) in [4.78, 5) is 25.4. The van der Waals surface area contributed by atoms with Crippen molar-refractivity contribution < 1.29 is 29.9 Å². The number of hydrogen-bond acceptors (Lipinski definition) is 6. The lowest BCUT2D eigenvalue weighted by molar-refractivity contribution is -0.178. The molecule has 3 N–H and O–H groups in total. The van der Waals surface area contributed by atoms with E-state index in [1.165, 1.54) is 25.3 Å². The Morgan fingerprint density at radius 1 is 1.04 bits per heavy atom. The van der Waals surface area contributed by atoms with Crippen molar-refractivity contribution in [3.63, 3.8) is 0 Å². The molecule has 0 amide bonds. The molecule has 0 atom stereocenters. The number of pyridine rings is 1. The van der Waals surface area contributed by atoms with E-state index in [1.807, 2.05) is 0 Å². The van der Waals surface area contributed by atoms with Gasteiger partial charge in [-0.1, -0.05) is 12.1 Å². The lowest BCUT2D eigenvalue weighted by Gasteiger charge is -2.07. The fourth-order valence-corrected chi connectivity index (χ4v) is 2.46. The number of phenols is 2. The van der Waals surface area contributed by atoms with Gasteiger partial charge in [0.15, 0.2) is 17.2 Å². The molecule has 0 aliphatic rings. The third-order valence-corrected chi connectivity index (χ3v) is 3.66. The Bertz CT molecular complexity index is 1010. The van der Waals surface area contributed by atoms with Crippen molar-refractivity contribution in [3.05, 3.63) is 59.3 Å². The maximum Gasteiger partial charge on any atom is 0.336 e. The van der Waals surface area contributed by atoms with E-state index in [2.05, 4.69) is 9.87 Å². The van der Waals surface area contributed by atoms with Crippen LogP contribution in [-0.2, 0) is 4.89 Å². The number of rotatable bonds is 5. The molecule has 2 aromatic carbocycles. The fourth-order valence-electron chi connectivity index (χ4n) is 2.46. The standard InChI is InChI=1S/C19H15NO6/c1-25-26-13-9-15(19(23)24)14-6-5-12(20-16(14)10-13)4-2-11-3-7-17(21)18(22)8-11/h2-10,21-22H,1H3,(H,23,24)/b4-2+. The lowest BCUT2D eigenvalue weighted by Crippen LogP contribution is -2.01. The van der Waals surface area contributed by atoms with Gasteiger partial charge in [0.2, 0.25) is 0 Å². The Balaban J connectivity index is 2.00. The highest BCUT2D eigenvalue weighted by Gasteiger charge is 2.13. The molecular weight excluding hydrogens is 338 g/mol. The molecule has 0 aliphatic carbocycles. The topological polar surface area (TPSA) is 109 Å². The van der Waals surface area contributed by atoms with Crippen LogP contribution >= 0.6 is 0 Å². The van der Waals surface area contributed by atoms with Gasteiger partial charge in [0.05, 0.1) is 23.9 Å². The number of aromatic carboxylic acids is 1. The molecule has 7 nitrogen and oxygen atoms in total. The normalized spacial score (nSPS) is 11.1. The third-order valence-electron chi connectivity index (χ3n) is 3.66. The Morgan fingerprint density at radius 2 is 1.85 bits per heavy atom. The van der Waals surface area contributed by atoms with Crippen LogP contribution < -0.4 is 4.89 Å². The molecule has 7 heteroatoms. The quantitative estimate of drug-likeness (QED) is 0.366. The molecule has 132 valence electrons. The van der Waals surface area contributed by atoms with Gasteiger partial charge in [-0.15, -0.1) is 0 Å². The molecule has 0 unspecified atom stereocenters. The van der Waals surface area contributed by atoms with E-state index in [9.17, 15) is 20.1 Å². The monoisotopic (exact) mass is 353 g/mol. The number of fused-ring (bicyclic) bond motifs is 1. The van der Waals surface area contributed by atoms with Crippen molar-refractivity contribution in [2.45, 2.75) is 0 Å². The van der Waals surface area contributed by atoms with Gasteiger partial charge in [-0.25, -0.2) is 9.78 Å². The molecule has 0 saturated heterocycles. The molecule has 1 aromatic heterocycles. The molecule has 3 rings (SSSR count). The second-order valence-electron chi connectivity index (χ2n) is 5.41. The first kappa shape index (κ1) is 17.2. The maximum atomic E-state index is 11.4. The smallest absolute Gasteiger partial charge is 0.336 e. The van der Waals surface area contributed by atoms with Gasteiger partial charge in [0.1, 0.15) is 0 Å². The first-order valence-electron chi connectivity index (χ1n) is 7.57. The minimum atomic E-state index is -1.10. The Hall–Kier alpha value is -3.58. The van der Waals surface area contributed by atoms with Crippen LogP contribution in [0.3, 0.4) is 0 Å². The fraction of sp³-hybridized carbons (Fsp3) is 0.0526. The van der Waals surface area contributed by atoms with Crippen LogP contribution in [0.25, 0.3) is 23.1 Å². The maximum absolute atomic E-state index is 11.4. The summed E-state index contributed by atoms with van der Waals surface area (Å²) in [6.45, 7) is 0. The van der Waals surface area contributed by atoms with E-state index in [4.69, 9.17) is 4.89 Å². The van der Waals surface area contributed by atoms with E-state index in [1.54, 1.807) is 36.4 Å². The van der Waals surface area contributed by atoms with Gasteiger partial charge >= 0.3 is 5.97 Å². The highest BCUT2D eigenvalue weighted by molar-refractivity contribution is 6.03. The first-order valence-corrected chi connectivity index (χ1v) is 7.57. The lowest BCUT2D eigenvalue weighted by atomic mass is 10.1. The summed E-state index contributed by atoms with van der Waals surface area (Å²) in [6, 6.07) is 10.7. The highest BCUT2D eigenvalue weighted by atomic mass is 17.2. The molecule has 26 heavy (non-hydrogen) atoms. The minimum absolute atomic E-state index is 0.0565. The van der Waals surface area contributed by atoms with Crippen molar-refractivity contribution in [3.8, 4) is 17.2 Å². The number of aromatic nitrogens is 1. The van der Waals surface area contributed by atoms with Crippen LogP contribution in [0.5, 0.6) is 17.2 Å². The third kappa shape index (κ3) is 3.57. The summed E-state index contributed by atoms with van der Waals surface area (Å²) in [6.07, 6.45) is 3.41. The van der Waals surface area contributed by atoms with Crippen LogP contribution in [0, 0.1) is 0 Å². The average molecular weight is 353 g/mol. The second kappa shape index (κ2) is 7.12. The molecule has 0 aliphatic heterocycles. The molecular formula is C19H15NO6. The van der Waals surface area contributed by atoms with E-state index in [0.717, 1.165) is 0 Å². The largest absolute Gasteiger partial charge is 0.504 e. The SMILES string of the molecule is COOc1cc(C(=O)O)c2ccc(/C=C/c3ccc(O)c(O)c3)nc2c1. The van der Waals surface area contributed by atoms with E-state index >= 15 is 0 Å². The van der Waals surface area contributed by atoms with Crippen LogP contribution in [-0.4, -0.2) is 33.4 Å². The number of aromatic hydroxyl groups is 2. The molecule has 0 radical (unpaired) electrons. The van der Waals surface area contributed by atoms with Crippen molar-refractivity contribution in [2.24, 2.45) is 0 Å². The van der Waals surface area contributed by atoms with Crippen molar-refractivity contribution >= 4 is 29.0 Å². The van der Waals surface area contributed by atoms with Gasteiger partial charge < -0.3 is 20.2 Å². The van der Waals surface area contributed by atoms with Crippen LogP contribution in [0.2, 0.25) is 0 Å². The Morgan fingerprint density at radius 3 is 2.54 bits per heavy atom. The van der Waals surface area contributed by atoms with Crippen molar-refractivity contribution in [2.75, 3.05) is 7.11 Å². The summed E-state index contributed by atoms with van der Waals surface area (Å²) in [5.41, 5.74) is 1.74. The number of phenolic OH excluding ortho intramolecular Hbond substituents is 2. The molecule has 1 heterocycles. The molecule has 0 bridgehead atoms. The zero-order valence-corrected chi connectivity index (χ0v) is 13.7. The number of hydrogen-bond donors (Lipinski definition) is 3. The molecule has 3 aromatic rings. The van der Waals surface area contributed by atoms with Gasteiger partial charge in [0, 0.05) is 11.5 Å². The van der Waals surface area contributed by atoms with E-state index < -0.39 is 5.97 Å². The number of carbonyl (C=O) groups is 1.